The summed E-state index contributed by atoms with van der Waals surface area (Å²) in [7, 11) is 3.91. The second-order valence-electron chi connectivity index (χ2n) is 4.39. The van der Waals surface area contributed by atoms with Crippen molar-refractivity contribution in [1.29, 1.82) is 0 Å². The number of aryl methyl sites for hydroxylation is 1. The van der Waals surface area contributed by atoms with Crippen molar-refractivity contribution in [3.63, 3.8) is 0 Å². The largest absolute Gasteiger partial charge is 0.496 e. The van der Waals surface area contributed by atoms with Crippen LogP contribution in [0.2, 0.25) is 0 Å². The number of likely N-dealkylation sites (N-methyl/N-ethyl adjacent to an activating group) is 1. The van der Waals surface area contributed by atoms with Crippen molar-refractivity contribution >= 4 is 11.8 Å². The number of ether oxygens (including phenoxy) is 1. The minimum absolute atomic E-state index is 0.525. The summed E-state index contributed by atoms with van der Waals surface area (Å²) in [4.78, 5) is 3.71. The Morgan fingerprint density at radius 3 is 2.94 bits per heavy atom. The lowest BCUT2D eigenvalue weighted by atomic mass is 10.2. The molecule has 0 amide bonds. The molecule has 1 aromatic rings. The first kappa shape index (κ1) is 12.7. The molecule has 1 fully saturated rings. The van der Waals surface area contributed by atoms with Gasteiger partial charge in [-0.1, -0.05) is 0 Å². The number of benzene rings is 1. The van der Waals surface area contributed by atoms with Crippen LogP contribution in [0.3, 0.4) is 0 Å². The van der Waals surface area contributed by atoms with E-state index in [2.05, 4.69) is 36.3 Å². The van der Waals surface area contributed by atoms with Crippen molar-refractivity contribution in [1.82, 2.24) is 10.2 Å². The predicted molar refractivity (Wildman–Crippen MR) is 72.9 cm³/mol. The van der Waals surface area contributed by atoms with Gasteiger partial charge in [0, 0.05) is 24.5 Å². The molecule has 0 aliphatic carbocycles. The fraction of sp³-hybridized carbons (Fsp3) is 0.538. The Morgan fingerprint density at radius 1 is 1.47 bits per heavy atom. The van der Waals surface area contributed by atoms with E-state index in [1.54, 1.807) is 7.11 Å². The second kappa shape index (κ2) is 5.76. The van der Waals surface area contributed by atoms with Crippen LogP contribution in [0.1, 0.15) is 5.56 Å². The summed E-state index contributed by atoms with van der Waals surface area (Å²) in [5.41, 5.74) is 1.20. The molecule has 1 unspecified atom stereocenters. The molecule has 94 valence electrons. The van der Waals surface area contributed by atoms with E-state index in [0.29, 0.717) is 5.37 Å². The van der Waals surface area contributed by atoms with Crippen LogP contribution in [-0.4, -0.2) is 44.1 Å². The van der Waals surface area contributed by atoms with Gasteiger partial charge in [-0.15, -0.1) is 11.8 Å². The van der Waals surface area contributed by atoms with Crippen molar-refractivity contribution in [3.8, 4) is 5.75 Å². The summed E-state index contributed by atoms with van der Waals surface area (Å²) in [6, 6.07) is 6.39. The second-order valence-corrected chi connectivity index (χ2v) is 5.64. The maximum Gasteiger partial charge on any atom is 0.121 e. The van der Waals surface area contributed by atoms with Crippen molar-refractivity contribution in [3.05, 3.63) is 23.8 Å². The van der Waals surface area contributed by atoms with Crippen LogP contribution in [0, 0.1) is 6.92 Å². The molecule has 0 radical (unpaired) electrons. The van der Waals surface area contributed by atoms with Crippen molar-refractivity contribution in [2.45, 2.75) is 17.2 Å². The molecule has 1 N–H and O–H groups in total. The summed E-state index contributed by atoms with van der Waals surface area (Å²) >= 11 is 1.91. The highest BCUT2D eigenvalue weighted by Crippen LogP contribution is 2.29. The number of hydrogen-bond donors (Lipinski definition) is 1. The molecule has 17 heavy (non-hydrogen) atoms. The maximum absolute atomic E-state index is 5.28. The molecular formula is C13H20N2OS. The van der Waals surface area contributed by atoms with Gasteiger partial charge in [0.15, 0.2) is 0 Å². The summed E-state index contributed by atoms with van der Waals surface area (Å²) in [5.74, 6) is 0.962. The fourth-order valence-electron chi connectivity index (χ4n) is 1.99. The Balaban J connectivity index is 2.05. The first-order chi connectivity index (χ1) is 8.20. The van der Waals surface area contributed by atoms with Gasteiger partial charge < -0.3 is 10.1 Å². The van der Waals surface area contributed by atoms with Crippen molar-refractivity contribution in [2.24, 2.45) is 0 Å². The molecule has 3 nitrogen and oxygen atoms in total. The molecule has 1 saturated heterocycles. The van der Waals surface area contributed by atoms with E-state index in [4.69, 9.17) is 4.74 Å². The Hall–Kier alpha value is -0.710. The number of hydrogen-bond acceptors (Lipinski definition) is 4. The zero-order valence-electron chi connectivity index (χ0n) is 10.7. The fourth-order valence-corrected chi connectivity index (χ4v) is 3.19. The molecule has 1 atom stereocenters. The molecule has 1 aliphatic rings. The third kappa shape index (κ3) is 3.15. The zero-order valence-corrected chi connectivity index (χ0v) is 11.5. The lowest BCUT2D eigenvalue weighted by Gasteiger charge is -2.32. The van der Waals surface area contributed by atoms with Gasteiger partial charge in [0.1, 0.15) is 5.75 Å². The summed E-state index contributed by atoms with van der Waals surface area (Å²) in [6.07, 6.45) is 0. The Morgan fingerprint density at radius 2 is 2.29 bits per heavy atom. The smallest absolute Gasteiger partial charge is 0.121 e. The highest BCUT2D eigenvalue weighted by molar-refractivity contribution is 8.00. The molecule has 0 spiro atoms. The third-order valence-electron chi connectivity index (χ3n) is 3.09. The average molecular weight is 252 g/mol. The number of thioether (sulfide) groups is 1. The minimum Gasteiger partial charge on any atom is -0.496 e. The van der Waals surface area contributed by atoms with Crippen LogP contribution in [0.5, 0.6) is 5.75 Å². The third-order valence-corrected chi connectivity index (χ3v) is 4.42. The molecular weight excluding hydrogens is 232 g/mol. The molecule has 0 aromatic heterocycles. The molecule has 4 heteroatoms. The minimum atomic E-state index is 0.525. The van der Waals surface area contributed by atoms with Crippen LogP contribution in [-0.2, 0) is 0 Å². The number of piperazine rings is 1. The van der Waals surface area contributed by atoms with Crippen LogP contribution < -0.4 is 10.1 Å². The van der Waals surface area contributed by atoms with E-state index in [0.717, 1.165) is 25.4 Å². The quantitative estimate of drug-likeness (QED) is 0.889. The number of nitrogens with one attached hydrogen (secondary N) is 1. The van der Waals surface area contributed by atoms with Gasteiger partial charge in [0.25, 0.3) is 0 Å². The highest BCUT2D eigenvalue weighted by atomic mass is 32.2. The van der Waals surface area contributed by atoms with Gasteiger partial charge in [-0.05, 0) is 37.7 Å². The van der Waals surface area contributed by atoms with Gasteiger partial charge in [-0.25, -0.2) is 0 Å². The molecule has 2 rings (SSSR count). The summed E-state index contributed by atoms with van der Waals surface area (Å²) < 4.78 is 5.28. The number of nitrogens with zero attached hydrogens (tertiary/aromatic N) is 1. The van der Waals surface area contributed by atoms with E-state index in [1.807, 2.05) is 17.8 Å². The van der Waals surface area contributed by atoms with Crippen molar-refractivity contribution in [2.75, 3.05) is 33.8 Å². The van der Waals surface area contributed by atoms with Gasteiger partial charge in [-0.2, -0.15) is 0 Å². The van der Waals surface area contributed by atoms with E-state index < -0.39 is 0 Å². The average Bonchev–Trinajstić information content (AvgIpc) is 2.32. The van der Waals surface area contributed by atoms with E-state index in [1.165, 1.54) is 10.5 Å². The van der Waals surface area contributed by atoms with E-state index in [9.17, 15) is 0 Å². The monoisotopic (exact) mass is 252 g/mol. The van der Waals surface area contributed by atoms with Gasteiger partial charge in [0.2, 0.25) is 0 Å². The standard InChI is InChI=1S/C13H20N2OS/c1-10-8-11(4-5-12(10)16-3)17-13-9-14-6-7-15(13)2/h4-5,8,13-14H,6-7,9H2,1-3H3. The maximum atomic E-state index is 5.28. The predicted octanol–water partition coefficient (Wildman–Crippen LogP) is 1.96. The molecule has 1 aromatic carbocycles. The van der Waals surface area contributed by atoms with Gasteiger partial charge in [0.05, 0.1) is 12.5 Å². The van der Waals surface area contributed by atoms with Gasteiger partial charge >= 0.3 is 0 Å². The number of rotatable bonds is 3. The van der Waals surface area contributed by atoms with E-state index in [-0.39, 0.29) is 0 Å². The summed E-state index contributed by atoms with van der Waals surface area (Å²) in [5, 5.41) is 3.96. The zero-order chi connectivity index (χ0) is 12.3. The molecule has 0 bridgehead atoms. The Labute approximate surface area is 108 Å². The molecule has 0 saturated carbocycles. The Kier molecular flexibility index (Phi) is 4.31. The van der Waals surface area contributed by atoms with Gasteiger partial charge in [-0.3, -0.25) is 4.90 Å². The van der Waals surface area contributed by atoms with Crippen molar-refractivity contribution < 1.29 is 4.74 Å². The van der Waals surface area contributed by atoms with Crippen LogP contribution in [0.25, 0.3) is 0 Å². The Bertz CT molecular complexity index is 384. The SMILES string of the molecule is COc1ccc(SC2CNCCN2C)cc1C. The van der Waals surface area contributed by atoms with Crippen LogP contribution in [0.15, 0.2) is 23.1 Å². The van der Waals surface area contributed by atoms with Crippen LogP contribution >= 0.6 is 11.8 Å². The summed E-state index contributed by atoms with van der Waals surface area (Å²) in [6.45, 7) is 5.35. The highest BCUT2D eigenvalue weighted by Gasteiger charge is 2.19. The molecule has 1 aliphatic heterocycles. The van der Waals surface area contributed by atoms with Crippen LogP contribution in [0.4, 0.5) is 0 Å². The lowest BCUT2D eigenvalue weighted by Crippen LogP contribution is -2.47. The number of methoxy groups -OCH3 is 1. The first-order valence-electron chi connectivity index (χ1n) is 5.93. The first-order valence-corrected chi connectivity index (χ1v) is 6.81. The lowest BCUT2D eigenvalue weighted by molar-refractivity contribution is 0.266. The van der Waals surface area contributed by atoms with E-state index >= 15 is 0 Å². The topological polar surface area (TPSA) is 24.5 Å². The normalized spacial score (nSPS) is 21.5. The molecule has 1 heterocycles.